The highest BCUT2D eigenvalue weighted by Gasteiger charge is 2.35. The lowest BCUT2D eigenvalue weighted by molar-refractivity contribution is -0.154. The lowest BCUT2D eigenvalue weighted by Gasteiger charge is -2.32. The molecule has 0 spiro atoms. The van der Waals surface area contributed by atoms with E-state index in [1.807, 2.05) is 30.3 Å². The molecule has 2 aromatic rings. The van der Waals surface area contributed by atoms with E-state index < -0.39 is 29.4 Å². The SMILES string of the molecule is C[C@H](OC(=O)CNC(=O)c1ccc2ccccc2c1)C(=O)NC1(C#N)CCCCC1. The number of fused-ring (bicyclic) bond motifs is 1. The first-order valence-corrected chi connectivity index (χ1v) is 10.1. The summed E-state index contributed by atoms with van der Waals surface area (Å²) in [6.07, 6.45) is 2.93. The number of amides is 2. The predicted molar refractivity (Wildman–Crippen MR) is 111 cm³/mol. The second-order valence-corrected chi connectivity index (χ2v) is 7.62. The standard InChI is InChI=1S/C23H25N3O4/c1-16(21(28)26-23(15-24)11-5-2-6-12-23)30-20(27)14-25-22(29)19-10-9-17-7-3-4-8-18(17)13-19/h3-4,7-10,13,16H,2,5-6,11-12,14H2,1H3,(H,25,29)(H,26,28)/t16-/m0/s1. The Bertz CT molecular complexity index is 989. The first kappa shape index (κ1) is 21.3. The van der Waals surface area contributed by atoms with E-state index in [0.717, 1.165) is 30.0 Å². The van der Waals surface area contributed by atoms with E-state index in [1.165, 1.54) is 6.92 Å². The van der Waals surface area contributed by atoms with Crippen LogP contribution in [0.1, 0.15) is 49.4 Å². The average Bonchev–Trinajstić information content (AvgIpc) is 2.77. The van der Waals surface area contributed by atoms with E-state index in [2.05, 4.69) is 16.7 Å². The summed E-state index contributed by atoms with van der Waals surface area (Å²) in [5, 5.41) is 16.6. The molecular weight excluding hydrogens is 382 g/mol. The second kappa shape index (κ2) is 9.40. The third kappa shape index (κ3) is 5.15. The van der Waals surface area contributed by atoms with Gasteiger partial charge in [0, 0.05) is 5.56 Å². The molecule has 0 saturated heterocycles. The monoisotopic (exact) mass is 407 g/mol. The molecule has 2 N–H and O–H groups in total. The van der Waals surface area contributed by atoms with Crippen LogP contribution in [-0.4, -0.2) is 36.0 Å². The second-order valence-electron chi connectivity index (χ2n) is 7.62. The van der Waals surface area contributed by atoms with Crippen molar-refractivity contribution < 1.29 is 19.1 Å². The first-order valence-electron chi connectivity index (χ1n) is 10.1. The molecule has 2 amide bonds. The highest BCUT2D eigenvalue weighted by Crippen LogP contribution is 2.27. The van der Waals surface area contributed by atoms with Gasteiger partial charge in [-0.1, -0.05) is 49.6 Å². The molecule has 0 bridgehead atoms. The van der Waals surface area contributed by atoms with Crippen LogP contribution in [0.25, 0.3) is 10.8 Å². The van der Waals surface area contributed by atoms with Crippen LogP contribution in [0.2, 0.25) is 0 Å². The zero-order valence-corrected chi connectivity index (χ0v) is 16.9. The molecule has 30 heavy (non-hydrogen) atoms. The molecule has 2 aromatic carbocycles. The summed E-state index contributed by atoms with van der Waals surface area (Å²) in [6.45, 7) is 1.10. The van der Waals surface area contributed by atoms with E-state index >= 15 is 0 Å². The molecule has 3 rings (SSSR count). The topological polar surface area (TPSA) is 108 Å². The Kier molecular flexibility index (Phi) is 6.68. The number of hydrogen-bond donors (Lipinski definition) is 2. The van der Waals surface area contributed by atoms with Gasteiger partial charge in [-0.3, -0.25) is 14.4 Å². The third-order valence-electron chi connectivity index (χ3n) is 5.37. The van der Waals surface area contributed by atoms with Crippen molar-refractivity contribution in [1.82, 2.24) is 10.6 Å². The Labute approximate surface area is 175 Å². The lowest BCUT2D eigenvalue weighted by Crippen LogP contribution is -2.52. The van der Waals surface area contributed by atoms with Crippen LogP contribution in [0.5, 0.6) is 0 Å². The summed E-state index contributed by atoms with van der Waals surface area (Å²) in [6, 6.07) is 15.1. The molecule has 1 aliphatic carbocycles. The number of carbonyl (C=O) groups is 3. The van der Waals surface area contributed by atoms with Crippen molar-refractivity contribution in [3.8, 4) is 6.07 Å². The van der Waals surface area contributed by atoms with Crippen LogP contribution < -0.4 is 10.6 Å². The molecule has 7 nitrogen and oxygen atoms in total. The summed E-state index contributed by atoms with van der Waals surface area (Å²) in [7, 11) is 0. The average molecular weight is 407 g/mol. The van der Waals surface area contributed by atoms with Gasteiger partial charge in [-0.2, -0.15) is 5.26 Å². The van der Waals surface area contributed by atoms with Crippen LogP contribution in [0.4, 0.5) is 0 Å². The van der Waals surface area contributed by atoms with E-state index in [-0.39, 0.29) is 6.54 Å². The molecule has 156 valence electrons. The van der Waals surface area contributed by atoms with Crippen molar-refractivity contribution >= 4 is 28.6 Å². The van der Waals surface area contributed by atoms with E-state index in [4.69, 9.17) is 4.74 Å². The molecule has 1 atom stereocenters. The van der Waals surface area contributed by atoms with Gasteiger partial charge >= 0.3 is 5.97 Å². The molecule has 1 saturated carbocycles. The Balaban J connectivity index is 1.50. The maximum absolute atomic E-state index is 12.4. The van der Waals surface area contributed by atoms with Gasteiger partial charge in [0.25, 0.3) is 11.8 Å². The quantitative estimate of drug-likeness (QED) is 0.716. The summed E-state index contributed by atoms with van der Waals surface area (Å²) < 4.78 is 5.12. The molecule has 0 aliphatic heterocycles. The fourth-order valence-corrected chi connectivity index (χ4v) is 3.63. The number of ether oxygens (including phenoxy) is 1. The molecule has 0 radical (unpaired) electrons. The van der Waals surface area contributed by atoms with E-state index in [0.29, 0.717) is 18.4 Å². The van der Waals surface area contributed by atoms with Gasteiger partial charge in [0.05, 0.1) is 6.07 Å². The first-order chi connectivity index (χ1) is 14.4. The van der Waals surface area contributed by atoms with Gasteiger partial charge in [-0.15, -0.1) is 0 Å². The van der Waals surface area contributed by atoms with Crippen LogP contribution in [-0.2, 0) is 14.3 Å². The van der Waals surface area contributed by atoms with Crippen LogP contribution in [0.3, 0.4) is 0 Å². The number of esters is 1. The number of nitriles is 1. The van der Waals surface area contributed by atoms with Crippen molar-refractivity contribution in [3.63, 3.8) is 0 Å². The molecule has 1 fully saturated rings. The molecule has 0 aromatic heterocycles. The summed E-state index contributed by atoms with van der Waals surface area (Å²) in [5.74, 6) is -1.63. The number of hydrogen-bond acceptors (Lipinski definition) is 5. The number of rotatable bonds is 6. The third-order valence-corrected chi connectivity index (χ3v) is 5.37. The van der Waals surface area contributed by atoms with Crippen LogP contribution >= 0.6 is 0 Å². The predicted octanol–water partition coefficient (Wildman–Crippen LogP) is 2.84. The Hall–Kier alpha value is -3.40. The zero-order chi connectivity index (χ0) is 21.6. The number of nitrogens with zero attached hydrogens (tertiary/aromatic N) is 1. The van der Waals surface area contributed by atoms with Crippen LogP contribution in [0, 0.1) is 11.3 Å². The van der Waals surface area contributed by atoms with E-state index in [9.17, 15) is 19.6 Å². The van der Waals surface area contributed by atoms with Crippen molar-refractivity contribution in [3.05, 3.63) is 48.0 Å². The van der Waals surface area contributed by atoms with Gasteiger partial charge in [-0.05, 0) is 42.7 Å². The van der Waals surface area contributed by atoms with Gasteiger partial charge in [0.1, 0.15) is 12.1 Å². The summed E-state index contributed by atoms with van der Waals surface area (Å²) >= 11 is 0. The summed E-state index contributed by atoms with van der Waals surface area (Å²) in [4.78, 5) is 36.8. The highest BCUT2D eigenvalue weighted by atomic mass is 16.5. The number of benzene rings is 2. The Morgan fingerprint density at radius 2 is 1.80 bits per heavy atom. The van der Waals surface area contributed by atoms with Crippen molar-refractivity contribution in [1.29, 1.82) is 5.26 Å². The minimum atomic E-state index is -1.05. The minimum Gasteiger partial charge on any atom is -0.451 e. The van der Waals surface area contributed by atoms with Gasteiger partial charge in [0.15, 0.2) is 6.10 Å². The zero-order valence-electron chi connectivity index (χ0n) is 16.9. The summed E-state index contributed by atoms with van der Waals surface area (Å²) in [5.41, 5.74) is -0.458. The fourth-order valence-electron chi connectivity index (χ4n) is 3.63. The normalized spacial score (nSPS) is 16.1. The molecule has 7 heteroatoms. The number of nitrogens with one attached hydrogen (secondary N) is 2. The van der Waals surface area contributed by atoms with E-state index in [1.54, 1.807) is 12.1 Å². The Morgan fingerprint density at radius 3 is 2.50 bits per heavy atom. The molecule has 0 unspecified atom stereocenters. The maximum Gasteiger partial charge on any atom is 0.326 e. The van der Waals surface area contributed by atoms with Gasteiger partial charge < -0.3 is 15.4 Å². The molecule has 1 aliphatic rings. The largest absolute Gasteiger partial charge is 0.451 e. The lowest BCUT2D eigenvalue weighted by atomic mass is 9.83. The van der Waals surface area contributed by atoms with Gasteiger partial charge in [0.2, 0.25) is 0 Å². The molecular formula is C23H25N3O4. The van der Waals surface area contributed by atoms with Crippen molar-refractivity contribution in [2.45, 2.75) is 50.7 Å². The highest BCUT2D eigenvalue weighted by molar-refractivity contribution is 5.99. The van der Waals surface area contributed by atoms with Crippen LogP contribution in [0.15, 0.2) is 42.5 Å². The van der Waals surface area contributed by atoms with Crippen molar-refractivity contribution in [2.24, 2.45) is 0 Å². The Morgan fingerprint density at radius 1 is 1.10 bits per heavy atom. The number of carbonyl (C=O) groups excluding carboxylic acids is 3. The smallest absolute Gasteiger partial charge is 0.326 e. The van der Waals surface area contributed by atoms with Gasteiger partial charge in [-0.25, -0.2) is 0 Å². The minimum absolute atomic E-state index is 0.354. The molecule has 0 heterocycles. The maximum atomic E-state index is 12.4. The fraction of sp³-hybridized carbons (Fsp3) is 0.391. The van der Waals surface area contributed by atoms with Crippen molar-refractivity contribution in [2.75, 3.05) is 6.54 Å².